The summed E-state index contributed by atoms with van der Waals surface area (Å²) in [5, 5.41) is 6.48. The number of hydrogen-bond acceptors (Lipinski definition) is 3. The van der Waals surface area contributed by atoms with Crippen LogP contribution in [0.25, 0.3) is 0 Å². The molecule has 0 fully saturated rings. The fourth-order valence-electron chi connectivity index (χ4n) is 2.63. The number of aromatic nitrogens is 1. The molecule has 0 bridgehead atoms. The third-order valence-corrected chi connectivity index (χ3v) is 4.00. The Morgan fingerprint density at radius 2 is 2.03 bits per heavy atom. The van der Waals surface area contributed by atoms with Gasteiger partial charge in [-0.25, -0.2) is 9.38 Å². The average molecular weight is 516 g/mol. The molecule has 1 atom stereocenters. The molecule has 2 N–H and O–H groups in total. The van der Waals surface area contributed by atoms with Gasteiger partial charge in [-0.1, -0.05) is 12.1 Å². The second kappa shape index (κ2) is 14.0. The lowest BCUT2D eigenvalue weighted by atomic mass is 10.3. The lowest BCUT2D eigenvalue weighted by Gasteiger charge is -2.15. The minimum atomic E-state index is -0.319. The first-order chi connectivity index (χ1) is 13.6. The van der Waals surface area contributed by atoms with Gasteiger partial charge in [-0.3, -0.25) is 4.79 Å². The summed E-state index contributed by atoms with van der Waals surface area (Å²) in [7, 11) is 0. The largest absolute Gasteiger partial charge is 0.489 e. The highest BCUT2D eigenvalue weighted by molar-refractivity contribution is 14.0. The maximum atomic E-state index is 13.2. The minimum absolute atomic E-state index is 0. The molecule has 1 unspecified atom stereocenters. The van der Waals surface area contributed by atoms with Crippen LogP contribution in [0.3, 0.4) is 0 Å². The third kappa shape index (κ3) is 9.78. The van der Waals surface area contributed by atoms with E-state index in [1.54, 1.807) is 35.0 Å². The summed E-state index contributed by atoms with van der Waals surface area (Å²) in [5.74, 6) is 0.895. The van der Waals surface area contributed by atoms with Crippen molar-refractivity contribution in [1.29, 1.82) is 0 Å². The lowest BCUT2D eigenvalue weighted by molar-refractivity contribution is 0.229. The molecule has 0 aliphatic heterocycles. The predicted molar refractivity (Wildman–Crippen MR) is 126 cm³/mol. The number of benzene rings is 1. The van der Waals surface area contributed by atoms with E-state index in [1.807, 2.05) is 19.9 Å². The smallest absolute Gasteiger partial charge is 0.250 e. The Hall–Kier alpha value is -2.10. The summed E-state index contributed by atoms with van der Waals surface area (Å²) in [6, 6.07) is 11.3. The van der Waals surface area contributed by atoms with Gasteiger partial charge in [-0.05, 0) is 44.9 Å². The van der Waals surface area contributed by atoms with Crippen LogP contribution in [0.15, 0.2) is 58.4 Å². The average Bonchev–Trinajstić information content (AvgIpc) is 2.67. The molecule has 0 saturated heterocycles. The zero-order chi connectivity index (χ0) is 20.2. The molecule has 2 aromatic rings. The molecule has 0 spiro atoms. The van der Waals surface area contributed by atoms with Crippen LogP contribution in [0.5, 0.6) is 5.75 Å². The number of guanidine groups is 1. The molecule has 0 saturated carbocycles. The van der Waals surface area contributed by atoms with Gasteiger partial charge in [0.2, 0.25) is 5.56 Å². The van der Waals surface area contributed by atoms with Gasteiger partial charge in [0.1, 0.15) is 17.7 Å². The number of hydrogen-bond donors (Lipinski definition) is 2. The number of nitrogens with zero attached hydrogens (tertiary/aromatic N) is 2. The highest BCUT2D eigenvalue weighted by atomic mass is 127. The molecule has 0 radical (unpaired) electrons. The molecule has 1 heterocycles. The first kappa shape index (κ1) is 24.9. The molecule has 0 aliphatic rings. The molecule has 6 nitrogen and oxygen atoms in total. The summed E-state index contributed by atoms with van der Waals surface area (Å²) in [6.45, 7) is 6.57. The highest BCUT2D eigenvalue weighted by Crippen LogP contribution is 2.13. The molecule has 1 aromatic carbocycles. The molecule has 2 rings (SSSR count). The summed E-state index contributed by atoms with van der Waals surface area (Å²) < 4.78 is 20.6. The van der Waals surface area contributed by atoms with E-state index in [2.05, 4.69) is 15.6 Å². The maximum Gasteiger partial charge on any atom is 0.250 e. The van der Waals surface area contributed by atoms with E-state index in [1.165, 1.54) is 12.1 Å². The summed E-state index contributed by atoms with van der Waals surface area (Å²) in [6.07, 6.45) is 3.44. The number of unbranched alkanes of at least 4 members (excludes halogenated alkanes) is 1. The van der Waals surface area contributed by atoms with E-state index in [4.69, 9.17) is 4.74 Å². The number of aryl methyl sites for hydroxylation is 1. The number of nitrogens with one attached hydrogen (secondary N) is 2. The van der Waals surface area contributed by atoms with Crippen LogP contribution in [0.1, 0.15) is 26.7 Å². The number of pyridine rings is 1. The fraction of sp³-hybridized carbons (Fsp3) is 0.429. The van der Waals surface area contributed by atoms with E-state index < -0.39 is 0 Å². The van der Waals surface area contributed by atoms with Gasteiger partial charge < -0.3 is 19.9 Å². The van der Waals surface area contributed by atoms with E-state index in [9.17, 15) is 9.18 Å². The monoisotopic (exact) mass is 516 g/mol. The van der Waals surface area contributed by atoms with Crippen LogP contribution in [0.2, 0.25) is 0 Å². The van der Waals surface area contributed by atoms with Gasteiger partial charge in [0, 0.05) is 38.0 Å². The van der Waals surface area contributed by atoms with Crippen molar-refractivity contribution in [2.45, 2.75) is 39.3 Å². The van der Waals surface area contributed by atoms with E-state index in [0.717, 1.165) is 25.9 Å². The number of aliphatic imine (C=N–C) groups is 1. The molecule has 0 amide bonds. The Labute approximate surface area is 188 Å². The Balaban J connectivity index is 0.00000420. The van der Waals surface area contributed by atoms with Gasteiger partial charge in [-0.2, -0.15) is 0 Å². The van der Waals surface area contributed by atoms with Crippen molar-refractivity contribution >= 4 is 29.9 Å². The second-order valence-corrected chi connectivity index (χ2v) is 6.47. The zero-order valence-electron chi connectivity index (χ0n) is 16.9. The van der Waals surface area contributed by atoms with Crippen molar-refractivity contribution in [2.75, 3.05) is 19.6 Å². The van der Waals surface area contributed by atoms with Crippen molar-refractivity contribution in [3.63, 3.8) is 0 Å². The van der Waals surface area contributed by atoms with Crippen LogP contribution in [0.4, 0.5) is 4.39 Å². The third-order valence-electron chi connectivity index (χ3n) is 4.00. The van der Waals surface area contributed by atoms with E-state index >= 15 is 0 Å². The fourth-order valence-corrected chi connectivity index (χ4v) is 2.63. The molecule has 1 aromatic heterocycles. The van der Waals surface area contributed by atoms with Crippen molar-refractivity contribution in [1.82, 2.24) is 15.2 Å². The SMILES string of the molecule is CCNC(=NCC(C)Oc1cccc(F)c1)NCCCCn1ccccc1=O.I. The van der Waals surface area contributed by atoms with Crippen LogP contribution in [0, 0.1) is 5.82 Å². The lowest BCUT2D eigenvalue weighted by Crippen LogP contribution is -2.38. The standard InChI is InChI=1S/C21H29FN4O2.HI/c1-3-23-21(24-12-5-7-14-26-13-6-4-11-20(26)27)25-16-17(2)28-19-10-8-9-18(22)15-19;/h4,6,8-11,13,15,17H,3,5,7,12,14,16H2,1-2H3,(H2,23,24,25);1H. The Kier molecular flexibility index (Phi) is 12.0. The molecule has 160 valence electrons. The van der Waals surface area contributed by atoms with Gasteiger partial charge in [0.25, 0.3) is 0 Å². The zero-order valence-corrected chi connectivity index (χ0v) is 19.3. The molecule has 29 heavy (non-hydrogen) atoms. The highest BCUT2D eigenvalue weighted by Gasteiger charge is 2.05. The Morgan fingerprint density at radius 1 is 1.21 bits per heavy atom. The normalized spacial score (nSPS) is 12.0. The quantitative estimate of drug-likeness (QED) is 0.220. The van der Waals surface area contributed by atoms with E-state index in [0.29, 0.717) is 24.8 Å². The Bertz CT molecular complexity index is 813. The van der Waals surface area contributed by atoms with Gasteiger partial charge in [0.15, 0.2) is 5.96 Å². The topological polar surface area (TPSA) is 67.7 Å². The minimum Gasteiger partial charge on any atom is -0.489 e. The predicted octanol–water partition coefficient (Wildman–Crippen LogP) is 3.41. The van der Waals surface area contributed by atoms with Crippen LogP contribution >= 0.6 is 24.0 Å². The number of rotatable bonds is 10. The molecular formula is C21H30FIN4O2. The van der Waals surface area contributed by atoms with Crippen LogP contribution < -0.4 is 20.9 Å². The molecular weight excluding hydrogens is 486 g/mol. The van der Waals surface area contributed by atoms with Gasteiger partial charge in [-0.15, -0.1) is 24.0 Å². The van der Waals surface area contributed by atoms with E-state index in [-0.39, 0.29) is 41.5 Å². The maximum absolute atomic E-state index is 13.2. The Morgan fingerprint density at radius 3 is 2.76 bits per heavy atom. The summed E-state index contributed by atoms with van der Waals surface area (Å²) >= 11 is 0. The van der Waals surface area contributed by atoms with Gasteiger partial charge >= 0.3 is 0 Å². The van der Waals surface area contributed by atoms with Crippen molar-refractivity contribution in [3.05, 3.63) is 64.8 Å². The number of halogens is 2. The van der Waals surface area contributed by atoms with Crippen molar-refractivity contribution in [2.24, 2.45) is 4.99 Å². The van der Waals surface area contributed by atoms with Crippen molar-refractivity contribution < 1.29 is 9.13 Å². The summed E-state index contributed by atoms with van der Waals surface area (Å²) in [5.41, 5.74) is 0.0256. The number of ether oxygens (including phenoxy) is 1. The van der Waals surface area contributed by atoms with Gasteiger partial charge in [0.05, 0.1) is 6.54 Å². The van der Waals surface area contributed by atoms with Crippen LogP contribution in [-0.4, -0.2) is 36.3 Å². The first-order valence-electron chi connectivity index (χ1n) is 9.68. The molecule has 8 heteroatoms. The first-order valence-corrected chi connectivity index (χ1v) is 9.68. The second-order valence-electron chi connectivity index (χ2n) is 6.47. The van der Waals surface area contributed by atoms with Crippen molar-refractivity contribution in [3.8, 4) is 5.75 Å². The summed E-state index contributed by atoms with van der Waals surface area (Å²) in [4.78, 5) is 16.2. The van der Waals surface area contributed by atoms with Crippen LogP contribution in [-0.2, 0) is 6.54 Å². The molecule has 0 aliphatic carbocycles.